The predicted octanol–water partition coefficient (Wildman–Crippen LogP) is 6.02. The molecule has 3 heterocycles. The second kappa shape index (κ2) is 8.48. The van der Waals surface area contributed by atoms with Crippen molar-refractivity contribution in [1.82, 2.24) is 14.7 Å². The molecule has 0 aliphatic carbocycles. The first kappa shape index (κ1) is 24.1. The van der Waals surface area contributed by atoms with E-state index in [1.165, 1.54) is 0 Å². The number of aryl methyl sites for hydroxylation is 3. The highest BCUT2D eigenvalue weighted by molar-refractivity contribution is 6.08. The number of carboxylic acid groups (broad SMARTS) is 1. The zero-order valence-electron chi connectivity index (χ0n) is 21.8. The highest BCUT2D eigenvalue weighted by Gasteiger charge is 2.37. The number of carboxylic acids is 1. The zero-order chi connectivity index (χ0) is 25.9. The second-order valence-electron chi connectivity index (χ2n) is 10.5. The fraction of sp³-hybridized carbons (Fsp3) is 0.393. The number of rotatable bonds is 5. The van der Waals surface area contributed by atoms with E-state index in [0.717, 1.165) is 51.1 Å². The third-order valence-corrected chi connectivity index (χ3v) is 6.70. The van der Waals surface area contributed by atoms with E-state index >= 15 is 0 Å². The van der Waals surface area contributed by atoms with Crippen LogP contribution < -0.4 is 4.90 Å². The van der Waals surface area contributed by atoms with Gasteiger partial charge in [-0.15, -0.1) is 0 Å². The number of hydrogen-bond donors (Lipinski definition) is 1. The zero-order valence-corrected chi connectivity index (χ0v) is 21.8. The molecule has 1 N–H and O–H groups in total. The molecule has 188 valence electrons. The number of benzene rings is 2. The Kier molecular flexibility index (Phi) is 5.67. The third-order valence-electron chi connectivity index (χ3n) is 6.70. The van der Waals surface area contributed by atoms with Crippen molar-refractivity contribution in [2.75, 3.05) is 11.4 Å². The molecule has 36 heavy (non-hydrogen) atoms. The van der Waals surface area contributed by atoms with Crippen molar-refractivity contribution in [1.29, 1.82) is 0 Å². The van der Waals surface area contributed by atoms with Gasteiger partial charge in [0.2, 0.25) is 5.89 Å². The molecular formula is C28H32N4O4. The Morgan fingerprint density at radius 2 is 1.81 bits per heavy atom. The standard InChI is InChI=1S/C28H32N4O4/c1-15-8-10-19(11-9-15)22-20-14-16(2)31-12-13-32(27-29-18(4)36-30-27)23(24(20)31)17(3)21(22)25(26(33)34)35-28(5,6)7/h8-11,14,25H,12-13H2,1-7H3,(H,33,34)/t25-/m0/s1. The van der Waals surface area contributed by atoms with Gasteiger partial charge in [-0.2, -0.15) is 4.98 Å². The molecule has 2 aromatic heterocycles. The van der Waals surface area contributed by atoms with Crippen molar-refractivity contribution < 1.29 is 19.2 Å². The van der Waals surface area contributed by atoms with Gasteiger partial charge in [-0.1, -0.05) is 29.8 Å². The first-order valence-electron chi connectivity index (χ1n) is 12.2. The summed E-state index contributed by atoms with van der Waals surface area (Å²) in [5, 5.41) is 15.6. The van der Waals surface area contributed by atoms with E-state index in [2.05, 4.69) is 52.0 Å². The summed E-state index contributed by atoms with van der Waals surface area (Å²) in [6.45, 7) is 14.9. The molecule has 5 rings (SSSR count). The van der Waals surface area contributed by atoms with Crippen LogP contribution in [0.15, 0.2) is 34.9 Å². The lowest BCUT2D eigenvalue weighted by Gasteiger charge is -2.34. The van der Waals surface area contributed by atoms with Gasteiger partial charge >= 0.3 is 5.97 Å². The SMILES string of the molecule is Cc1ccc(-c2c([C@H](OC(C)(C)C)C(=O)O)c(C)c3c4c2cc(C)n4CCN3c2noc(C)n2)cc1. The Labute approximate surface area is 210 Å². The Morgan fingerprint density at radius 3 is 2.39 bits per heavy atom. The van der Waals surface area contributed by atoms with Gasteiger partial charge in [0.25, 0.3) is 5.95 Å². The smallest absolute Gasteiger partial charge is 0.337 e. The highest BCUT2D eigenvalue weighted by atomic mass is 16.5. The monoisotopic (exact) mass is 488 g/mol. The van der Waals surface area contributed by atoms with Crippen LogP contribution in [0.25, 0.3) is 22.0 Å². The summed E-state index contributed by atoms with van der Waals surface area (Å²) in [5.74, 6) is -0.0754. The summed E-state index contributed by atoms with van der Waals surface area (Å²) in [4.78, 5) is 19.3. The van der Waals surface area contributed by atoms with Crippen molar-refractivity contribution in [3.8, 4) is 11.1 Å². The quantitative estimate of drug-likeness (QED) is 0.367. The van der Waals surface area contributed by atoms with Crippen molar-refractivity contribution >= 4 is 28.5 Å². The van der Waals surface area contributed by atoms with Crippen LogP contribution in [0.2, 0.25) is 0 Å². The third kappa shape index (κ3) is 3.95. The topological polar surface area (TPSA) is 93.6 Å². The molecule has 0 spiro atoms. The highest BCUT2D eigenvalue weighted by Crippen LogP contribution is 2.49. The minimum absolute atomic E-state index is 0.472. The maximum atomic E-state index is 12.8. The predicted molar refractivity (Wildman–Crippen MR) is 139 cm³/mol. The molecule has 0 amide bonds. The van der Waals surface area contributed by atoms with Crippen molar-refractivity contribution in [2.45, 2.75) is 66.7 Å². The largest absolute Gasteiger partial charge is 0.479 e. The number of anilines is 2. The molecule has 1 aliphatic heterocycles. The van der Waals surface area contributed by atoms with E-state index in [1.54, 1.807) is 6.92 Å². The summed E-state index contributed by atoms with van der Waals surface area (Å²) >= 11 is 0. The molecule has 0 bridgehead atoms. The lowest BCUT2D eigenvalue weighted by atomic mass is 9.87. The minimum atomic E-state index is -1.17. The molecular weight excluding hydrogens is 456 g/mol. The Morgan fingerprint density at radius 1 is 1.11 bits per heavy atom. The van der Waals surface area contributed by atoms with Crippen molar-refractivity contribution in [3.05, 3.63) is 58.6 Å². The van der Waals surface area contributed by atoms with E-state index in [1.807, 2.05) is 39.5 Å². The molecule has 0 unspecified atom stereocenters. The van der Waals surface area contributed by atoms with Crippen LogP contribution in [0.3, 0.4) is 0 Å². The van der Waals surface area contributed by atoms with Crippen LogP contribution in [0.4, 0.5) is 11.6 Å². The fourth-order valence-corrected chi connectivity index (χ4v) is 5.23. The summed E-state index contributed by atoms with van der Waals surface area (Å²) in [7, 11) is 0. The first-order valence-corrected chi connectivity index (χ1v) is 12.2. The molecule has 1 aliphatic rings. The number of ether oxygens (including phenoxy) is 1. The van der Waals surface area contributed by atoms with Gasteiger partial charge in [0.1, 0.15) is 0 Å². The van der Waals surface area contributed by atoms with Gasteiger partial charge in [0.05, 0.1) is 16.8 Å². The van der Waals surface area contributed by atoms with Gasteiger partial charge in [0.15, 0.2) is 6.10 Å². The van der Waals surface area contributed by atoms with E-state index in [4.69, 9.17) is 9.26 Å². The van der Waals surface area contributed by atoms with Gasteiger partial charge in [0, 0.05) is 36.7 Å². The minimum Gasteiger partial charge on any atom is -0.479 e. The number of carbonyl (C=O) groups is 1. The number of aliphatic carboxylic acids is 1. The normalized spacial score (nSPS) is 14.5. The number of nitrogens with zero attached hydrogens (tertiary/aromatic N) is 4. The average Bonchev–Trinajstić information content (AvgIpc) is 3.38. The average molecular weight is 489 g/mol. The maximum absolute atomic E-state index is 12.8. The van der Waals surface area contributed by atoms with Crippen LogP contribution in [0.5, 0.6) is 0 Å². The molecule has 0 saturated heterocycles. The lowest BCUT2D eigenvalue weighted by Crippen LogP contribution is -2.31. The molecule has 8 heteroatoms. The summed E-state index contributed by atoms with van der Waals surface area (Å²) in [5.41, 5.74) is 6.83. The van der Waals surface area contributed by atoms with E-state index in [0.29, 0.717) is 23.9 Å². The Hall–Kier alpha value is -3.65. The molecule has 0 fully saturated rings. The van der Waals surface area contributed by atoms with E-state index in [-0.39, 0.29) is 0 Å². The maximum Gasteiger partial charge on any atom is 0.337 e. The summed E-state index contributed by atoms with van der Waals surface area (Å²) in [6, 6.07) is 10.4. The van der Waals surface area contributed by atoms with Crippen molar-refractivity contribution in [3.63, 3.8) is 0 Å². The molecule has 4 aromatic rings. The number of aromatic nitrogens is 3. The lowest BCUT2D eigenvalue weighted by molar-refractivity contribution is -0.160. The second-order valence-corrected chi connectivity index (χ2v) is 10.5. The van der Waals surface area contributed by atoms with Crippen LogP contribution in [-0.2, 0) is 16.1 Å². The summed E-state index contributed by atoms with van der Waals surface area (Å²) in [6.07, 6.45) is -1.17. The molecule has 1 atom stereocenters. The van der Waals surface area contributed by atoms with Gasteiger partial charge in [-0.05, 0) is 69.5 Å². The van der Waals surface area contributed by atoms with Crippen molar-refractivity contribution in [2.24, 2.45) is 0 Å². The Balaban J connectivity index is 1.91. The van der Waals surface area contributed by atoms with Crippen LogP contribution >= 0.6 is 0 Å². The van der Waals surface area contributed by atoms with Gasteiger partial charge in [-0.3, -0.25) is 0 Å². The van der Waals surface area contributed by atoms with Gasteiger partial charge < -0.3 is 23.8 Å². The number of hydrogen-bond acceptors (Lipinski definition) is 6. The van der Waals surface area contributed by atoms with Crippen LogP contribution in [0.1, 0.15) is 55.2 Å². The fourth-order valence-electron chi connectivity index (χ4n) is 5.23. The van der Waals surface area contributed by atoms with Crippen LogP contribution in [-0.4, -0.2) is 37.9 Å². The summed E-state index contributed by atoms with van der Waals surface area (Å²) < 4.78 is 13.8. The first-order chi connectivity index (χ1) is 17.0. The molecule has 0 radical (unpaired) electrons. The molecule has 8 nitrogen and oxygen atoms in total. The van der Waals surface area contributed by atoms with E-state index in [9.17, 15) is 9.90 Å². The van der Waals surface area contributed by atoms with Gasteiger partial charge in [-0.25, -0.2) is 4.79 Å². The van der Waals surface area contributed by atoms with Crippen LogP contribution in [0, 0.1) is 27.7 Å². The molecule has 2 aromatic carbocycles. The van der Waals surface area contributed by atoms with E-state index < -0.39 is 17.7 Å². The molecule has 0 saturated carbocycles. The Bertz CT molecular complexity index is 1470.